The minimum Gasteiger partial charge on any atom is -0.492 e. The fourth-order valence-corrected chi connectivity index (χ4v) is 1.45. The third kappa shape index (κ3) is 3.20. The van der Waals surface area contributed by atoms with Gasteiger partial charge in [0.15, 0.2) is 0 Å². The van der Waals surface area contributed by atoms with Gasteiger partial charge in [0, 0.05) is 0 Å². The molecule has 0 atom stereocenters. The van der Waals surface area contributed by atoms with Gasteiger partial charge in [0.1, 0.15) is 5.75 Å². The smallest absolute Gasteiger partial charge is 0.138 e. The van der Waals surface area contributed by atoms with Gasteiger partial charge in [-0.1, -0.05) is 17.7 Å². The fraction of sp³-hybridized carbons (Fsp3) is 0.455. The minimum atomic E-state index is 0.639. The van der Waals surface area contributed by atoms with Gasteiger partial charge in [0.05, 0.1) is 11.6 Å². The van der Waals surface area contributed by atoms with Crippen molar-refractivity contribution in [3.8, 4) is 5.75 Å². The van der Waals surface area contributed by atoms with Gasteiger partial charge in [-0.2, -0.15) is 0 Å². The van der Waals surface area contributed by atoms with E-state index in [0.717, 1.165) is 18.6 Å². The number of aryl methyl sites for hydroxylation is 1. The molecule has 1 aromatic carbocycles. The molecule has 0 aromatic heterocycles. The summed E-state index contributed by atoms with van der Waals surface area (Å²) >= 11 is 5.96. The molecule has 0 saturated carbocycles. The van der Waals surface area contributed by atoms with E-state index in [1.807, 2.05) is 25.1 Å². The monoisotopic (exact) mass is 213 g/mol. The zero-order valence-electron chi connectivity index (χ0n) is 8.42. The van der Waals surface area contributed by atoms with E-state index < -0.39 is 0 Å². The lowest BCUT2D eigenvalue weighted by Gasteiger charge is -2.07. The Balaban J connectivity index is 2.72. The molecule has 0 amide bonds. The van der Waals surface area contributed by atoms with Crippen LogP contribution < -0.4 is 10.5 Å². The Bertz CT molecular complexity index is 289. The van der Waals surface area contributed by atoms with Crippen molar-refractivity contribution < 1.29 is 4.74 Å². The maximum atomic E-state index is 5.96. The number of hydrogen-bond acceptors (Lipinski definition) is 2. The van der Waals surface area contributed by atoms with Crippen LogP contribution >= 0.6 is 11.6 Å². The van der Waals surface area contributed by atoms with Crippen LogP contribution in [0.3, 0.4) is 0 Å². The quantitative estimate of drug-likeness (QED) is 0.816. The average molecular weight is 214 g/mol. The Morgan fingerprint density at radius 2 is 2.21 bits per heavy atom. The van der Waals surface area contributed by atoms with Crippen molar-refractivity contribution >= 4 is 11.6 Å². The van der Waals surface area contributed by atoms with Crippen LogP contribution in [0, 0.1) is 0 Å². The Kier molecular flexibility index (Phi) is 4.77. The molecule has 0 bridgehead atoms. The lowest BCUT2D eigenvalue weighted by atomic mass is 10.1. The molecule has 0 saturated heterocycles. The fourth-order valence-electron chi connectivity index (χ4n) is 1.28. The van der Waals surface area contributed by atoms with Gasteiger partial charge in [0.25, 0.3) is 0 Å². The highest BCUT2D eigenvalue weighted by Gasteiger charge is 2.02. The van der Waals surface area contributed by atoms with E-state index in [1.54, 1.807) is 0 Å². The first kappa shape index (κ1) is 11.3. The number of benzene rings is 1. The van der Waals surface area contributed by atoms with Crippen molar-refractivity contribution in [2.24, 2.45) is 5.73 Å². The van der Waals surface area contributed by atoms with Crippen molar-refractivity contribution in [3.63, 3.8) is 0 Å². The van der Waals surface area contributed by atoms with E-state index in [4.69, 9.17) is 22.1 Å². The summed E-state index contributed by atoms with van der Waals surface area (Å²) in [5.74, 6) is 0.767. The second-order valence-corrected chi connectivity index (χ2v) is 3.50. The summed E-state index contributed by atoms with van der Waals surface area (Å²) in [6.45, 7) is 3.30. The molecule has 2 nitrogen and oxygen atoms in total. The Hall–Kier alpha value is -0.730. The lowest BCUT2D eigenvalue weighted by molar-refractivity contribution is 0.340. The maximum Gasteiger partial charge on any atom is 0.138 e. The third-order valence-corrected chi connectivity index (χ3v) is 2.28. The standard InChI is InChI=1S/C11H16ClNO/c1-2-14-11-8-9(4-3-7-13)5-6-10(11)12/h5-6,8H,2-4,7,13H2,1H3. The van der Waals surface area contributed by atoms with Crippen LogP contribution in [0.1, 0.15) is 18.9 Å². The van der Waals surface area contributed by atoms with E-state index in [-0.39, 0.29) is 0 Å². The Labute approximate surface area is 90.0 Å². The number of nitrogens with two attached hydrogens (primary N) is 1. The molecule has 2 N–H and O–H groups in total. The molecule has 1 rings (SSSR count). The molecule has 0 spiro atoms. The molecule has 14 heavy (non-hydrogen) atoms. The average Bonchev–Trinajstić information content (AvgIpc) is 2.19. The molecule has 0 radical (unpaired) electrons. The summed E-state index contributed by atoms with van der Waals surface area (Å²) in [5.41, 5.74) is 6.67. The third-order valence-electron chi connectivity index (χ3n) is 1.97. The van der Waals surface area contributed by atoms with Crippen LogP contribution in [0.15, 0.2) is 18.2 Å². The van der Waals surface area contributed by atoms with Crippen molar-refractivity contribution in [1.82, 2.24) is 0 Å². The SMILES string of the molecule is CCOc1cc(CCCN)ccc1Cl. The van der Waals surface area contributed by atoms with E-state index in [0.29, 0.717) is 18.2 Å². The van der Waals surface area contributed by atoms with Gasteiger partial charge >= 0.3 is 0 Å². The highest BCUT2D eigenvalue weighted by atomic mass is 35.5. The first-order valence-corrected chi connectivity index (χ1v) is 5.27. The zero-order chi connectivity index (χ0) is 10.4. The van der Waals surface area contributed by atoms with Crippen LogP contribution in [0.2, 0.25) is 5.02 Å². The molecule has 0 aliphatic rings. The number of rotatable bonds is 5. The molecule has 0 aliphatic carbocycles. The summed E-state index contributed by atoms with van der Waals surface area (Å²) in [7, 11) is 0. The summed E-state index contributed by atoms with van der Waals surface area (Å²) in [6.07, 6.45) is 1.97. The molecular formula is C11H16ClNO. The van der Waals surface area contributed by atoms with Crippen LogP contribution in [0.5, 0.6) is 5.75 Å². The van der Waals surface area contributed by atoms with E-state index in [1.165, 1.54) is 5.56 Å². The summed E-state index contributed by atoms with van der Waals surface area (Å²) in [6, 6.07) is 5.88. The Morgan fingerprint density at radius 3 is 2.86 bits per heavy atom. The lowest BCUT2D eigenvalue weighted by Crippen LogP contribution is -2.00. The Morgan fingerprint density at radius 1 is 1.43 bits per heavy atom. The van der Waals surface area contributed by atoms with Gasteiger partial charge in [-0.15, -0.1) is 0 Å². The molecule has 3 heteroatoms. The highest BCUT2D eigenvalue weighted by Crippen LogP contribution is 2.25. The molecule has 0 aliphatic heterocycles. The zero-order valence-corrected chi connectivity index (χ0v) is 9.18. The summed E-state index contributed by atoms with van der Waals surface area (Å²) < 4.78 is 5.39. The molecule has 78 valence electrons. The molecule has 0 fully saturated rings. The number of hydrogen-bond donors (Lipinski definition) is 1. The van der Waals surface area contributed by atoms with Gasteiger partial charge in [-0.05, 0) is 44.0 Å². The van der Waals surface area contributed by atoms with Crippen molar-refractivity contribution in [2.45, 2.75) is 19.8 Å². The maximum absolute atomic E-state index is 5.96. The van der Waals surface area contributed by atoms with Gasteiger partial charge in [-0.3, -0.25) is 0 Å². The summed E-state index contributed by atoms with van der Waals surface area (Å²) in [4.78, 5) is 0. The largest absolute Gasteiger partial charge is 0.492 e. The van der Waals surface area contributed by atoms with Crippen LogP contribution in [-0.4, -0.2) is 13.2 Å². The van der Waals surface area contributed by atoms with Gasteiger partial charge in [0.2, 0.25) is 0 Å². The number of ether oxygens (including phenoxy) is 1. The summed E-state index contributed by atoms with van der Waals surface area (Å²) in [5, 5.41) is 0.670. The minimum absolute atomic E-state index is 0.639. The van der Waals surface area contributed by atoms with Crippen LogP contribution in [0.25, 0.3) is 0 Å². The second-order valence-electron chi connectivity index (χ2n) is 3.09. The van der Waals surface area contributed by atoms with Crippen molar-refractivity contribution in [1.29, 1.82) is 0 Å². The van der Waals surface area contributed by atoms with E-state index >= 15 is 0 Å². The molecule has 1 aromatic rings. The van der Waals surface area contributed by atoms with E-state index in [9.17, 15) is 0 Å². The predicted molar refractivity (Wildman–Crippen MR) is 60.0 cm³/mol. The number of halogens is 1. The van der Waals surface area contributed by atoms with E-state index in [2.05, 4.69) is 0 Å². The van der Waals surface area contributed by atoms with Gasteiger partial charge < -0.3 is 10.5 Å². The molecular weight excluding hydrogens is 198 g/mol. The highest BCUT2D eigenvalue weighted by molar-refractivity contribution is 6.32. The molecule has 0 heterocycles. The normalized spacial score (nSPS) is 10.2. The van der Waals surface area contributed by atoms with Gasteiger partial charge in [-0.25, -0.2) is 0 Å². The first-order chi connectivity index (χ1) is 6.77. The van der Waals surface area contributed by atoms with Crippen LogP contribution in [-0.2, 0) is 6.42 Å². The van der Waals surface area contributed by atoms with Crippen LogP contribution in [0.4, 0.5) is 0 Å². The predicted octanol–water partition coefficient (Wildman–Crippen LogP) is 2.63. The topological polar surface area (TPSA) is 35.2 Å². The van der Waals surface area contributed by atoms with Crippen molar-refractivity contribution in [2.75, 3.05) is 13.2 Å². The second kappa shape index (κ2) is 5.89. The first-order valence-electron chi connectivity index (χ1n) is 4.89. The van der Waals surface area contributed by atoms with Crippen molar-refractivity contribution in [3.05, 3.63) is 28.8 Å². The molecule has 0 unspecified atom stereocenters.